The first-order chi connectivity index (χ1) is 16.8. The maximum atomic E-state index is 12.4. The van der Waals surface area contributed by atoms with Crippen LogP contribution in [0.1, 0.15) is 35.3 Å². The largest absolute Gasteiger partial charge is 0.489 e. The number of anilines is 1. The van der Waals surface area contributed by atoms with Crippen molar-refractivity contribution >= 4 is 33.6 Å². The zero-order valence-electron chi connectivity index (χ0n) is 19.5. The number of hydrogen-bond acceptors (Lipinski definition) is 6. The van der Waals surface area contributed by atoms with Crippen molar-refractivity contribution in [1.82, 2.24) is 10.3 Å². The van der Waals surface area contributed by atoms with Gasteiger partial charge in [-0.15, -0.1) is 0 Å². The molecule has 0 radical (unpaired) electrons. The highest BCUT2D eigenvalue weighted by molar-refractivity contribution is 9.10. The Morgan fingerprint density at radius 1 is 1.14 bits per heavy atom. The maximum absolute atomic E-state index is 12.4. The van der Waals surface area contributed by atoms with Crippen LogP contribution in [-0.2, 0) is 17.9 Å². The summed E-state index contributed by atoms with van der Waals surface area (Å²) in [5.74, 6) is -0.456. The lowest BCUT2D eigenvalue weighted by Gasteiger charge is -2.24. The van der Waals surface area contributed by atoms with E-state index in [9.17, 15) is 14.7 Å². The van der Waals surface area contributed by atoms with Gasteiger partial charge in [-0.2, -0.15) is 0 Å². The molecule has 1 heterocycles. The summed E-state index contributed by atoms with van der Waals surface area (Å²) < 4.78 is 7.04. The summed E-state index contributed by atoms with van der Waals surface area (Å²) in [5.41, 5.74) is 2.33. The smallest absolute Gasteiger partial charge is 0.334 e. The molecule has 0 bridgehead atoms. The van der Waals surface area contributed by atoms with Crippen LogP contribution in [0, 0.1) is 0 Å². The molecule has 0 aliphatic heterocycles. The van der Waals surface area contributed by atoms with Crippen LogP contribution in [0.5, 0.6) is 5.75 Å². The molecule has 1 amide bonds. The fourth-order valence-electron chi connectivity index (χ4n) is 3.40. The van der Waals surface area contributed by atoms with Gasteiger partial charge in [0.05, 0.1) is 11.6 Å². The molecular formula is C26H28BrN3O5. The number of halogens is 1. The van der Waals surface area contributed by atoms with E-state index in [2.05, 4.69) is 31.1 Å². The number of benzene rings is 2. The minimum absolute atomic E-state index is 0.267. The number of carboxylic acids is 1. The number of nitrogens with zero attached hydrogens (tertiary/aromatic N) is 2. The average Bonchev–Trinajstić information content (AvgIpc) is 2.86. The molecule has 2 unspecified atom stereocenters. The van der Waals surface area contributed by atoms with Crippen LogP contribution in [0.25, 0.3) is 0 Å². The average molecular weight is 542 g/mol. The number of pyridine rings is 1. The monoisotopic (exact) mass is 541 g/mol. The minimum atomic E-state index is -1.69. The van der Waals surface area contributed by atoms with E-state index in [0.717, 1.165) is 21.3 Å². The van der Waals surface area contributed by atoms with Gasteiger partial charge in [0.25, 0.3) is 5.91 Å². The van der Waals surface area contributed by atoms with E-state index in [0.29, 0.717) is 25.5 Å². The van der Waals surface area contributed by atoms with Crippen LogP contribution in [0.3, 0.4) is 0 Å². The lowest BCUT2D eigenvalue weighted by atomic mass is 10.1. The number of ether oxygens (including phenoxy) is 1. The van der Waals surface area contributed by atoms with Gasteiger partial charge in [-0.3, -0.25) is 4.79 Å². The lowest BCUT2D eigenvalue weighted by molar-refractivity contribution is -0.147. The molecule has 9 heteroatoms. The Bertz CT molecular complexity index is 1140. The number of rotatable bonds is 11. The lowest BCUT2D eigenvalue weighted by Crippen LogP contribution is -2.44. The first-order valence-corrected chi connectivity index (χ1v) is 12.0. The highest BCUT2D eigenvalue weighted by Gasteiger charge is 2.23. The molecule has 0 saturated heterocycles. The number of aromatic nitrogens is 1. The molecule has 0 saturated carbocycles. The number of aliphatic hydroxyl groups is 1. The third-order valence-corrected chi connectivity index (χ3v) is 5.92. The SMILES string of the molecule is CCN(Cc1cc(Br)ccc1OCc1ccccc1)c1ccc(C(=O)NC(C)C(O)C(=O)O)cn1. The van der Waals surface area contributed by atoms with Crippen molar-refractivity contribution < 1.29 is 24.5 Å². The first-order valence-electron chi connectivity index (χ1n) is 11.2. The molecule has 0 aliphatic rings. The van der Waals surface area contributed by atoms with Gasteiger partial charge in [-0.25, -0.2) is 9.78 Å². The third-order valence-electron chi connectivity index (χ3n) is 5.42. The Kier molecular flexibility index (Phi) is 9.22. The fraction of sp³-hybridized carbons (Fsp3) is 0.269. The van der Waals surface area contributed by atoms with Crippen molar-refractivity contribution in [3.8, 4) is 5.75 Å². The number of carbonyl (C=O) groups excluding carboxylic acids is 1. The summed E-state index contributed by atoms with van der Waals surface area (Å²) >= 11 is 3.54. The van der Waals surface area contributed by atoms with Gasteiger partial charge in [0.1, 0.15) is 18.2 Å². The van der Waals surface area contributed by atoms with Gasteiger partial charge >= 0.3 is 5.97 Å². The second-order valence-electron chi connectivity index (χ2n) is 7.99. The maximum Gasteiger partial charge on any atom is 0.334 e. The van der Waals surface area contributed by atoms with Gasteiger partial charge in [0.15, 0.2) is 6.10 Å². The predicted octanol–water partition coefficient (Wildman–Crippen LogP) is 4.01. The molecule has 0 aliphatic carbocycles. The first kappa shape index (κ1) is 26.2. The topological polar surface area (TPSA) is 112 Å². The highest BCUT2D eigenvalue weighted by Crippen LogP contribution is 2.27. The van der Waals surface area contributed by atoms with Crippen LogP contribution in [-0.4, -0.2) is 45.8 Å². The summed E-state index contributed by atoms with van der Waals surface area (Å²) in [6.07, 6.45) is -0.258. The number of aliphatic carboxylic acids is 1. The highest BCUT2D eigenvalue weighted by atomic mass is 79.9. The quantitative estimate of drug-likeness (QED) is 0.336. The molecule has 3 rings (SSSR count). The van der Waals surface area contributed by atoms with Crippen LogP contribution < -0.4 is 15.0 Å². The van der Waals surface area contributed by atoms with Crippen LogP contribution in [0.2, 0.25) is 0 Å². The van der Waals surface area contributed by atoms with E-state index in [1.165, 1.54) is 13.1 Å². The molecule has 0 fully saturated rings. The number of carboxylic acid groups (broad SMARTS) is 1. The van der Waals surface area contributed by atoms with E-state index in [-0.39, 0.29) is 5.56 Å². The molecule has 2 atom stereocenters. The number of amides is 1. The molecule has 35 heavy (non-hydrogen) atoms. The number of hydrogen-bond donors (Lipinski definition) is 3. The molecular weight excluding hydrogens is 514 g/mol. The number of nitrogens with one attached hydrogen (secondary N) is 1. The number of carbonyl (C=O) groups is 2. The predicted molar refractivity (Wildman–Crippen MR) is 136 cm³/mol. The van der Waals surface area contributed by atoms with Gasteiger partial charge in [0, 0.05) is 29.3 Å². The van der Waals surface area contributed by atoms with Crippen molar-refractivity contribution in [3.05, 3.63) is 88.0 Å². The van der Waals surface area contributed by atoms with Crippen molar-refractivity contribution in [2.24, 2.45) is 0 Å². The van der Waals surface area contributed by atoms with Crippen LogP contribution in [0.15, 0.2) is 71.3 Å². The van der Waals surface area contributed by atoms with Gasteiger partial charge in [-0.05, 0) is 49.7 Å². The van der Waals surface area contributed by atoms with Gasteiger partial charge in [0.2, 0.25) is 0 Å². The van der Waals surface area contributed by atoms with Crippen LogP contribution >= 0.6 is 15.9 Å². The Hall–Kier alpha value is -3.43. The molecule has 1 aromatic heterocycles. The van der Waals surface area contributed by atoms with E-state index >= 15 is 0 Å². The van der Waals surface area contributed by atoms with Gasteiger partial charge in [-0.1, -0.05) is 46.3 Å². The Balaban J connectivity index is 1.71. The normalized spacial score (nSPS) is 12.5. The van der Waals surface area contributed by atoms with Crippen molar-refractivity contribution in [3.63, 3.8) is 0 Å². The third kappa shape index (κ3) is 7.27. The standard InChI is InChI=1S/C26H28BrN3O5/c1-3-30(23-12-9-19(14-28-23)25(32)29-17(2)24(31)26(33)34)15-20-13-21(27)10-11-22(20)35-16-18-7-5-4-6-8-18/h4-14,17,24,31H,3,15-16H2,1-2H3,(H,29,32)(H,33,34). The Morgan fingerprint density at radius 3 is 2.51 bits per heavy atom. The molecule has 8 nitrogen and oxygen atoms in total. The molecule has 184 valence electrons. The molecule has 2 aromatic carbocycles. The van der Waals surface area contributed by atoms with E-state index < -0.39 is 24.0 Å². The van der Waals surface area contributed by atoms with E-state index in [1.54, 1.807) is 12.1 Å². The summed E-state index contributed by atoms with van der Waals surface area (Å²) in [5, 5.41) is 20.9. The van der Waals surface area contributed by atoms with Crippen molar-refractivity contribution in [2.75, 3.05) is 11.4 Å². The van der Waals surface area contributed by atoms with E-state index in [4.69, 9.17) is 9.84 Å². The Morgan fingerprint density at radius 2 is 1.89 bits per heavy atom. The fourth-order valence-corrected chi connectivity index (χ4v) is 3.81. The summed E-state index contributed by atoms with van der Waals surface area (Å²) in [4.78, 5) is 29.8. The van der Waals surface area contributed by atoms with Crippen molar-refractivity contribution in [2.45, 2.75) is 39.1 Å². The number of aliphatic hydroxyl groups excluding tert-OH is 1. The molecule has 3 N–H and O–H groups in total. The minimum Gasteiger partial charge on any atom is -0.489 e. The summed E-state index contributed by atoms with van der Waals surface area (Å²) in [6.45, 7) is 5.11. The summed E-state index contributed by atoms with van der Waals surface area (Å²) in [7, 11) is 0. The second-order valence-corrected chi connectivity index (χ2v) is 8.91. The molecule has 0 spiro atoms. The molecule has 3 aromatic rings. The Labute approximate surface area is 212 Å². The van der Waals surface area contributed by atoms with E-state index in [1.807, 2.05) is 55.5 Å². The zero-order valence-corrected chi connectivity index (χ0v) is 21.1. The summed E-state index contributed by atoms with van der Waals surface area (Å²) in [6, 6.07) is 18.2. The second kappa shape index (κ2) is 12.3. The van der Waals surface area contributed by atoms with Crippen molar-refractivity contribution in [1.29, 1.82) is 0 Å². The van der Waals surface area contributed by atoms with Gasteiger partial charge < -0.3 is 25.2 Å². The van der Waals surface area contributed by atoms with Crippen LogP contribution in [0.4, 0.5) is 5.82 Å². The zero-order chi connectivity index (χ0) is 25.4.